The number of hydrogen-bond acceptors (Lipinski definition) is 0. The van der Waals surface area contributed by atoms with Crippen LogP contribution in [0.15, 0.2) is 36.4 Å². The Morgan fingerprint density at radius 3 is 2.06 bits per heavy atom. The lowest BCUT2D eigenvalue weighted by Crippen LogP contribution is -2.00. The van der Waals surface area contributed by atoms with Crippen molar-refractivity contribution in [2.75, 3.05) is 0 Å². The summed E-state index contributed by atoms with van der Waals surface area (Å²) in [7, 11) is 0. The minimum absolute atomic E-state index is 0.197. The third-order valence-corrected chi connectivity index (χ3v) is 3.70. The van der Waals surface area contributed by atoms with Gasteiger partial charge in [-0.05, 0) is 29.8 Å². The lowest BCUT2D eigenvalue weighted by Gasteiger charge is -2.13. The molecule has 0 aromatic heterocycles. The Kier molecular flexibility index (Phi) is 4.10. The highest BCUT2D eigenvalue weighted by molar-refractivity contribution is 6.42. The van der Waals surface area contributed by atoms with E-state index in [4.69, 9.17) is 34.8 Å². The van der Waals surface area contributed by atoms with Crippen molar-refractivity contribution in [3.63, 3.8) is 0 Å². The average molecular weight is 308 g/mol. The van der Waals surface area contributed by atoms with E-state index in [1.54, 1.807) is 6.07 Å². The summed E-state index contributed by atoms with van der Waals surface area (Å²) in [6.07, 6.45) is 0. The largest absolute Gasteiger partial charge is 0.207 e. The molecule has 1 atom stereocenters. The number of rotatable bonds is 2. The second-order valence-electron chi connectivity index (χ2n) is 3.67. The SMILES string of the molecule is Fc1cccc(F)c1C(Cl)c1ccc(Cl)c(Cl)c1. The Labute approximate surface area is 118 Å². The monoisotopic (exact) mass is 306 g/mol. The highest BCUT2D eigenvalue weighted by Crippen LogP contribution is 2.35. The molecule has 0 spiro atoms. The molecule has 0 radical (unpaired) electrons. The molecule has 0 aliphatic rings. The van der Waals surface area contributed by atoms with E-state index in [0.717, 1.165) is 12.1 Å². The Hall–Kier alpha value is -0.830. The molecule has 1 unspecified atom stereocenters. The first-order chi connectivity index (χ1) is 8.50. The van der Waals surface area contributed by atoms with Crippen LogP contribution < -0.4 is 0 Å². The Balaban J connectivity index is 2.48. The molecule has 0 aliphatic heterocycles. The van der Waals surface area contributed by atoms with E-state index in [-0.39, 0.29) is 10.6 Å². The van der Waals surface area contributed by atoms with Gasteiger partial charge in [-0.3, -0.25) is 0 Å². The fourth-order valence-corrected chi connectivity index (χ4v) is 2.24. The molecule has 0 heterocycles. The third-order valence-electron chi connectivity index (χ3n) is 2.49. The van der Waals surface area contributed by atoms with Gasteiger partial charge < -0.3 is 0 Å². The first-order valence-corrected chi connectivity index (χ1v) is 6.23. The minimum atomic E-state index is -0.957. The van der Waals surface area contributed by atoms with Crippen LogP contribution in [-0.2, 0) is 0 Å². The zero-order chi connectivity index (χ0) is 13.3. The topological polar surface area (TPSA) is 0 Å². The van der Waals surface area contributed by atoms with Crippen LogP contribution in [0.1, 0.15) is 16.5 Å². The van der Waals surface area contributed by atoms with Crippen LogP contribution in [0.25, 0.3) is 0 Å². The predicted octanol–water partition coefficient (Wildman–Crippen LogP) is 5.60. The van der Waals surface area contributed by atoms with Crippen LogP contribution in [0, 0.1) is 11.6 Å². The van der Waals surface area contributed by atoms with E-state index in [9.17, 15) is 8.78 Å². The van der Waals surface area contributed by atoms with Gasteiger partial charge in [0.05, 0.1) is 15.4 Å². The van der Waals surface area contributed by atoms with Crippen molar-refractivity contribution < 1.29 is 8.78 Å². The van der Waals surface area contributed by atoms with Gasteiger partial charge >= 0.3 is 0 Å². The standard InChI is InChI=1S/C13H7Cl3F2/c14-8-5-4-7(6-9(8)15)13(16)12-10(17)2-1-3-11(12)18/h1-6,13H. The molecule has 0 amide bonds. The molecule has 18 heavy (non-hydrogen) atoms. The molecule has 0 fully saturated rings. The smallest absolute Gasteiger partial charge is 0.131 e. The minimum Gasteiger partial charge on any atom is -0.207 e. The first-order valence-electron chi connectivity index (χ1n) is 5.03. The maximum Gasteiger partial charge on any atom is 0.131 e. The van der Waals surface area contributed by atoms with Crippen LogP contribution in [-0.4, -0.2) is 0 Å². The molecular weight excluding hydrogens is 300 g/mol. The number of hydrogen-bond donors (Lipinski definition) is 0. The van der Waals surface area contributed by atoms with Gasteiger partial charge in [-0.25, -0.2) is 8.78 Å². The van der Waals surface area contributed by atoms with Crippen molar-refractivity contribution in [1.82, 2.24) is 0 Å². The molecule has 0 saturated heterocycles. The van der Waals surface area contributed by atoms with Gasteiger partial charge in [-0.2, -0.15) is 0 Å². The van der Waals surface area contributed by atoms with E-state index in [1.807, 2.05) is 0 Å². The summed E-state index contributed by atoms with van der Waals surface area (Å²) in [5, 5.41) is -0.309. The summed E-state index contributed by atoms with van der Waals surface area (Å²) in [4.78, 5) is 0. The maximum atomic E-state index is 13.6. The number of halogens is 5. The lowest BCUT2D eigenvalue weighted by atomic mass is 10.0. The Morgan fingerprint density at radius 1 is 0.889 bits per heavy atom. The number of benzene rings is 2. The van der Waals surface area contributed by atoms with Gasteiger partial charge in [0, 0.05) is 5.56 Å². The third kappa shape index (κ3) is 2.61. The molecule has 0 nitrogen and oxygen atoms in total. The van der Waals surface area contributed by atoms with Crippen molar-refractivity contribution in [2.45, 2.75) is 5.38 Å². The van der Waals surface area contributed by atoms with Crippen molar-refractivity contribution >= 4 is 34.8 Å². The van der Waals surface area contributed by atoms with Gasteiger partial charge in [-0.1, -0.05) is 35.3 Å². The van der Waals surface area contributed by atoms with Crippen molar-refractivity contribution in [1.29, 1.82) is 0 Å². The quantitative estimate of drug-likeness (QED) is 0.633. The molecule has 94 valence electrons. The first kappa shape index (κ1) is 13.6. The van der Waals surface area contributed by atoms with E-state index in [0.29, 0.717) is 10.6 Å². The molecule has 0 saturated carbocycles. The highest BCUT2D eigenvalue weighted by atomic mass is 35.5. The molecule has 2 aromatic rings. The average Bonchev–Trinajstić information content (AvgIpc) is 2.32. The molecular formula is C13H7Cl3F2. The van der Waals surface area contributed by atoms with E-state index in [2.05, 4.69) is 0 Å². The molecule has 0 bridgehead atoms. The summed E-state index contributed by atoms with van der Waals surface area (Å²) in [6.45, 7) is 0. The normalized spacial score (nSPS) is 12.5. The predicted molar refractivity (Wildman–Crippen MR) is 70.5 cm³/mol. The zero-order valence-corrected chi connectivity index (χ0v) is 11.2. The molecule has 2 rings (SSSR count). The molecule has 5 heteroatoms. The number of alkyl halides is 1. The Bertz CT molecular complexity index is 564. The summed E-state index contributed by atoms with van der Waals surface area (Å²) in [6, 6.07) is 8.21. The van der Waals surface area contributed by atoms with E-state index in [1.165, 1.54) is 18.2 Å². The summed E-state index contributed by atoms with van der Waals surface area (Å²) in [5.74, 6) is -1.39. The van der Waals surface area contributed by atoms with E-state index < -0.39 is 17.0 Å². The van der Waals surface area contributed by atoms with Crippen LogP contribution in [0.2, 0.25) is 10.0 Å². The van der Waals surface area contributed by atoms with Crippen molar-refractivity contribution in [2.24, 2.45) is 0 Å². The summed E-state index contributed by atoms with van der Waals surface area (Å²) in [5.41, 5.74) is 0.285. The lowest BCUT2D eigenvalue weighted by molar-refractivity contribution is 0.559. The summed E-state index contributed by atoms with van der Waals surface area (Å²) < 4.78 is 27.2. The van der Waals surface area contributed by atoms with Gasteiger partial charge in [0.25, 0.3) is 0 Å². The van der Waals surface area contributed by atoms with Crippen LogP contribution in [0.4, 0.5) is 8.78 Å². The molecule has 0 N–H and O–H groups in total. The van der Waals surface area contributed by atoms with Crippen molar-refractivity contribution in [3.05, 3.63) is 69.2 Å². The van der Waals surface area contributed by atoms with Gasteiger partial charge in [0.1, 0.15) is 11.6 Å². The Morgan fingerprint density at radius 2 is 1.50 bits per heavy atom. The van der Waals surface area contributed by atoms with E-state index >= 15 is 0 Å². The van der Waals surface area contributed by atoms with Gasteiger partial charge in [0.15, 0.2) is 0 Å². The molecule has 2 aromatic carbocycles. The maximum absolute atomic E-state index is 13.6. The van der Waals surface area contributed by atoms with Crippen molar-refractivity contribution in [3.8, 4) is 0 Å². The fourth-order valence-electron chi connectivity index (χ4n) is 1.59. The van der Waals surface area contributed by atoms with Crippen LogP contribution >= 0.6 is 34.8 Å². The van der Waals surface area contributed by atoms with Gasteiger partial charge in [0.2, 0.25) is 0 Å². The van der Waals surface area contributed by atoms with Crippen LogP contribution in [0.3, 0.4) is 0 Å². The second kappa shape index (κ2) is 5.43. The second-order valence-corrected chi connectivity index (χ2v) is 4.92. The van der Waals surface area contributed by atoms with Gasteiger partial charge in [-0.15, -0.1) is 11.6 Å². The highest BCUT2D eigenvalue weighted by Gasteiger charge is 2.20. The van der Waals surface area contributed by atoms with Crippen LogP contribution in [0.5, 0.6) is 0 Å². The fraction of sp³-hybridized carbons (Fsp3) is 0.0769. The zero-order valence-electron chi connectivity index (χ0n) is 8.93. The summed E-state index contributed by atoms with van der Waals surface area (Å²) >= 11 is 17.7. The molecule has 0 aliphatic carbocycles.